The van der Waals surface area contributed by atoms with Gasteiger partial charge < -0.3 is 18.3 Å². The van der Waals surface area contributed by atoms with Crippen molar-refractivity contribution >= 4 is 22.6 Å². The maximum absolute atomic E-state index is 13.1. The van der Waals surface area contributed by atoms with Gasteiger partial charge in [-0.25, -0.2) is 9.80 Å². The summed E-state index contributed by atoms with van der Waals surface area (Å²) in [6.45, 7) is 1.60. The van der Waals surface area contributed by atoms with Gasteiger partial charge >= 0.3 is 5.63 Å². The van der Waals surface area contributed by atoms with Crippen molar-refractivity contribution in [1.82, 2.24) is 5.01 Å². The Labute approximate surface area is 195 Å². The maximum Gasteiger partial charge on any atom is 0.336 e. The Bertz CT molecular complexity index is 1420. The highest BCUT2D eigenvalue weighted by atomic mass is 16.5. The van der Waals surface area contributed by atoms with E-state index in [9.17, 15) is 9.59 Å². The van der Waals surface area contributed by atoms with Crippen LogP contribution < -0.4 is 15.1 Å². The molecule has 0 saturated heterocycles. The third kappa shape index (κ3) is 4.17. The van der Waals surface area contributed by atoms with Crippen LogP contribution in [0.3, 0.4) is 0 Å². The number of benzene rings is 2. The molecule has 8 nitrogen and oxygen atoms in total. The molecular weight excluding hydrogens is 436 g/mol. The lowest BCUT2D eigenvalue weighted by molar-refractivity contribution is -0.135. The second-order valence-corrected chi connectivity index (χ2v) is 7.94. The molecule has 2 aromatic carbocycles. The number of carbonyl (C=O) groups excluding carboxylic acids is 1. The molecule has 4 aromatic rings. The zero-order valence-corrected chi connectivity index (χ0v) is 18.7. The normalized spacial score (nSPS) is 15.4. The molecule has 1 amide bonds. The van der Waals surface area contributed by atoms with Crippen LogP contribution in [0.4, 0.5) is 0 Å². The van der Waals surface area contributed by atoms with Crippen LogP contribution in [-0.2, 0) is 4.79 Å². The summed E-state index contributed by atoms with van der Waals surface area (Å²) in [5.41, 5.74) is 2.45. The van der Waals surface area contributed by atoms with Crippen LogP contribution in [0.2, 0.25) is 0 Å². The second kappa shape index (κ2) is 8.90. The minimum Gasteiger partial charge on any atom is -0.497 e. The summed E-state index contributed by atoms with van der Waals surface area (Å²) < 4.78 is 21.8. The molecule has 2 aromatic heterocycles. The van der Waals surface area contributed by atoms with E-state index in [4.69, 9.17) is 18.3 Å². The van der Waals surface area contributed by atoms with Crippen LogP contribution in [0.15, 0.2) is 85.7 Å². The number of rotatable bonds is 6. The Morgan fingerprint density at radius 3 is 2.65 bits per heavy atom. The van der Waals surface area contributed by atoms with E-state index in [2.05, 4.69) is 5.10 Å². The topological polar surface area (TPSA) is 94.5 Å². The van der Waals surface area contributed by atoms with Gasteiger partial charge in [0.25, 0.3) is 5.91 Å². The lowest BCUT2D eigenvalue weighted by Gasteiger charge is -2.20. The Morgan fingerprint density at radius 1 is 1.12 bits per heavy atom. The number of methoxy groups -OCH3 is 1. The summed E-state index contributed by atoms with van der Waals surface area (Å²) in [5.74, 6) is 1.48. The van der Waals surface area contributed by atoms with Crippen molar-refractivity contribution in [1.29, 1.82) is 0 Å². The van der Waals surface area contributed by atoms with Crippen LogP contribution >= 0.6 is 0 Å². The highest BCUT2D eigenvalue weighted by molar-refractivity contribution is 6.03. The number of nitrogens with zero attached hydrogens (tertiary/aromatic N) is 2. The third-order valence-corrected chi connectivity index (χ3v) is 5.75. The summed E-state index contributed by atoms with van der Waals surface area (Å²) in [6.07, 6.45) is 2.08. The number of hydrazone groups is 1. The van der Waals surface area contributed by atoms with E-state index in [1.807, 2.05) is 37.3 Å². The van der Waals surface area contributed by atoms with Gasteiger partial charge in [-0.1, -0.05) is 0 Å². The first-order valence-corrected chi connectivity index (χ1v) is 10.8. The van der Waals surface area contributed by atoms with Gasteiger partial charge in [0.2, 0.25) is 0 Å². The van der Waals surface area contributed by atoms with Gasteiger partial charge in [-0.3, -0.25) is 4.79 Å². The van der Waals surface area contributed by atoms with Crippen LogP contribution in [0.1, 0.15) is 29.3 Å². The molecule has 0 radical (unpaired) electrons. The fraction of sp³-hybridized carbons (Fsp3) is 0.192. The molecule has 0 fully saturated rings. The molecule has 5 rings (SSSR count). The molecule has 1 atom stereocenters. The van der Waals surface area contributed by atoms with E-state index in [1.165, 1.54) is 11.1 Å². The average Bonchev–Trinajstić information content (AvgIpc) is 3.52. The van der Waals surface area contributed by atoms with Crippen molar-refractivity contribution in [2.45, 2.75) is 19.4 Å². The Balaban J connectivity index is 1.37. The number of aryl methyl sites for hydroxylation is 1. The van der Waals surface area contributed by atoms with Gasteiger partial charge in [0.1, 0.15) is 28.9 Å². The van der Waals surface area contributed by atoms with Crippen molar-refractivity contribution in [2.24, 2.45) is 5.10 Å². The summed E-state index contributed by atoms with van der Waals surface area (Å²) in [5, 5.41) is 6.81. The molecule has 0 N–H and O–H groups in total. The highest BCUT2D eigenvalue weighted by Gasteiger charge is 2.35. The first-order chi connectivity index (χ1) is 16.5. The second-order valence-electron chi connectivity index (χ2n) is 7.94. The molecule has 3 heterocycles. The van der Waals surface area contributed by atoms with E-state index < -0.39 is 5.63 Å². The van der Waals surface area contributed by atoms with Crippen LogP contribution in [0.25, 0.3) is 11.0 Å². The summed E-state index contributed by atoms with van der Waals surface area (Å²) in [6, 6.07) is 17.3. The van der Waals surface area contributed by atoms with E-state index in [0.717, 1.165) is 28.0 Å². The lowest BCUT2D eigenvalue weighted by Crippen LogP contribution is -2.31. The zero-order valence-electron chi connectivity index (χ0n) is 18.7. The van der Waals surface area contributed by atoms with Crippen LogP contribution in [-0.4, -0.2) is 30.3 Å². The number of hydrogen-bond donors (Lipinski definition) is 0. The Hall–Kier alpha value is -4.33. The molecule has 1 aliphatic heterocycles. The minimum absolute atomic E-state index is 0.238. The van der Waals surface area contributed by atoms with Crippen LogP contribution in [0.5, 0.6) is 11.5 Å². The van der Waals surface area contributed by atoms with E-state index in [0.29, 0.717) is 23.5 Å². The maximum atomic E-state index is 13.1. The van der Waals surface area contributed by atoms with Crippen molar-refractivity contribution in [3.8, 4) is 11.5 Å². The summed E-state index contributed by atoms with van der Waals surface area (Å²) in [7, 11) is 1.61. The summed E-state index contributed by atoms with van der Waals surface area (Å²) in [4.78, 5) is 24.8. The highest BCUT2D eigenvalue weighted by Crippen LogP contribution is 2.33. The molecule has 0 aliphatic carbocycles. The third-order valence-electron chi connectivity index (χ3n) is 5.75. The van der Waals surface area contributed by atoms with Gasteiger partial charge in [-0.05, 0) is 66.6 Å². The van der Waals surface area contributed by atoms with Crippen LogP contribution in [0, 0.1) is 6.92 Å². The predicted molar refractivity (Wildman–Crippen MR) is 125 cm³/mol. The molecule has 0 saturated carbocycles. The van der Waals surface area contributed by atoms with Crippen molar-refractivity contribution in [3.05, 3.63) is 94.2 Å². The molecule has 8 heteroatoms. The van der Waals surface area contributed by atoms with E-state index in [1.54, 1.807) is 37.6 Å². The number of carbonyl (C=O) groups is 1. The minimum atomic E-state index is -0.433. The number of hydrogen-bond acceptors (Lipinski definition) is 7. The predicted octanol–water partition coefficient (Wildman–Crippen LogP) is 4.46. The van der Waals surface area contributed by atoms with E-state index in [-0.39, 0.29) is 18.6 Å². The Kier molecular flexibility index (Phi) is 5.63. The first kappa shape index (κ1) is 21.5. The molecule has 172 valence electrons. The molecule has 1 unspecified atom stereocenters. The molecular formula is C26H22N2O6. The number of ether oxygens (including phenoxy) is 2. The van der Waals surface area contributed by atoms with Crippen molar-refractivity contribution in [3.63, 3.8) is 0 Å². The van der Waals surface area contributed by atoms with Crippen molar-refractivity contribution < 1.29 is 23.1 Å². The fourth-order valence-electron chi connectivity index (χ4n) is 4.01. The van der Waals surface area contributed by atoms with Gasteiger partial charge in [0.05, 0.1) is 19.1 Å². The average molecular weight is 458 g/mol. The lowest BCUT2D eigenvalue weighted by atomic mass is 10.0. The van der Waals surface area contributed by atoms with E-state index >= 15 is 0 Å². The zero-order chi connectivity index (χ0) is 23.7. The quantitative estimate of drug-likeness (QED) is 0.396. The van der Waals surface area contributed by atoms with Gasteiger partial charge in [0.15, 0.2) is 6.61 Å². The fourth-order valence-corrected chi connectivity index (χ4v) is 4.01. The molecule has 0 spiro atoms. The number of furan rings is 1. The summed E-state index contributed by atoms with van der Waals surface area (Å²) >= 11 is 0. The molecule has 34 heavy (non-hydrogen) atoms. The molecule has 1 aliphatic rings. The SMILES string of the molecule is COc1ccc(C2=NN(C(=O)COc3ccc4c(C)cc(=O)oc4c3)C(c3ccco3)C2)cc1. The molecule has 0 bridgehead atoms. The standard InChI is InChI=1S/C26H22N2O6/c1-16-12-26(30)34-24-13-19(9-10-20(16)24)33-15-25(29)28-22(23-4-3-11-32-23)14-21(27-28)17-5-7-18(31-2)8-6-17/h3-13,22H,14-15H2,1-2H3. The van der Waals surface area contributed by atoms with Gasteiger partial charge in [-0.2, -0.15) is 5.10 Å². The smallest absolute Gasteiger partial charge is 0.336 e. The van der Waals surface area contributed by atoms with Crippen molar-refractivity contribution in [2.75, 3.05) is 13.7 Å². The largest absolute Gasteiger partial charge is 0.497 e. The number of amides is 1. The first-order valence-electron chi connectivity index (χ1n) is 10.8. The van der Waals surface area contributed by atoms with Gasteiger partial charge in [0, 0.05) is 23.9 Å². The monoisotopic (exact) mass is 458 g/mol. The Morgan fingerprint density at radius 2 is 1.91 bits per heavy atom. The number of fused-ring (bicyclic) bond motifs is 1. The van der Waals surface area contributed by atoms with Gasteiger partial charge in [-0.15, -0.1) is 0 Å².